The maximum atomic E-state index is 11.7. The van der Waals surface area contributed by atoms with E-state index in [1.54, 1.807) is 4.90 Å². The summed E-state index contributed by atoms with van der Waals surface area (Å²) >= 11 is 0. The van der Waals surface area contributed by atoms with Crippen molar-refractivity contribution in [2.45, 2.75) is 19.4 Å². The van der Waals surface area contributed by atoms with Crippen molar-refractivity contribution in [2.75, 3.05) is 6.54 Å². The van der Waals surface area contributed by atoms with Gasteiger partial charge in [0.05, 0.1) is 6.04 Å². The zero-order chi connectivity index (χ0) is 12.4. The molecule has 1 aromatic carbocycles. The predicted octanol–water partition coefficient (Wildman–Crippen LogP) is 0.346. The molecule has 4 heteroatoms. The summed E-state index contributed by atoms with van der Waals surface area (Å²) in [5.41, 5.74) is 1.01. The Kier molecular flexibility index (Phi) is 3.13. The van der Waals surface area contributed by atoms with Crippen molar-refractivity contribution < 1.29 is 14.7 Å². The van der Waals surface area contributed by atoms with Crippen LogP contribution in [0.25, 0.3) is 0 Å². The molecule has 4 nitrogen and oxygen atoms in total. The van der Waals surface area contributed by atoms with Crippen molar-refractivity contribution in [1.29, 1.82) is 0 Å². The van der Waals surface area contributed by atoms with Gasteiger partial charge >= 0.3 is 0 Å². The molecule has 2 atom stereocenters. The number of hydrogen-bond acceptors (Lipinski definition) is 3. The average Bonchev–Trinajstić information content (AvgIpc) is 2.72. The van der Waals surface area contributed by atoms with Gasteiger partial charge in [-0.05, 0) is 12.5 Å². The van der Waals surface area contributed by atoms with Crippen molar-refractivity contribution in [3.63, 3.8) is 0 Å². The number of aliphatic carboxylic acids is 1. The topological polar surface area (TPSA) is 60.4 Å². The molecule has 0 saturated carbocycles. The second-order valence-corrected chi connectivity index (χ2v) is 4.35. The third-order valence-electron chi connectivity index (χ3n) is 3.24. The van der Waals surface area contributed by atoms with Crippen LogP contribution >= 0.6 is 0 Å². The predicted molar refractivity (Wildman–Crippen MR) is 59.7 cm³/mol. The van der Waals surface area contributed by atoms with Crippen molar-refractivity contribution in [2.24, 2.45) is 5.92 Å². The highest BCUT2D eigenvalue weighted by molar-refractivity contribution is 5.85. The summed E-state index contributed by atoms with van der Waals surface area (Å²) in [4.78, 5) is 24.1. The van der Waals surface area contributed by atoms with Crippen molar-refractivity contribution in [1.82, 2.24) is 4.90 Å². The van der Waals surface area contributed by atoms with Gasteiger partial charge in [0, 0.05) is 24.9 Å². The SMILES string of the molecule is C[C@H](c1ccccc1)N1C[C@H](C(=O)[O-])CC1=O. The lowest BCUT2D eigenvalue weighted by atomic mass is 10.1. The molecular weight excluding hydrogens is 218 g/mol. The molecule has 1 heterocycles. The molecule has 1 saturated heterocycles. The molecule has 0 radical (unpaired) electrons. The van der Waals surface area contributed by atoms with E-state index in [0.717, 1.165) is 5.56 Å². The summed E-state index contributed by atoms with van der Waals surface area (Å²) in [6, 6.07) is 9.50. The summed E-state index contributed by atoms with van der Waals surface area (Å²) in [6.45, 7) is 2.15. The average molecular weight is 232 g/mol. The van der Waals surface area contributed by atoms with Crippen LogP contribution in [0.3, 0.4) is 0 Å². The fraction of sp³-hybridized carbons (Fsp3) is 0.385. The molecule has 0 spiro atoms. The number of carboxylic acids is 1. The van der Waals surface area contributed by atoms with E-state index in [1.807, 2.05) is 37.3 Å². The van der Waals surface area contributed by atoms with Crippen molar-refractivity contribution >= 4 is 11.9 Å². The van der Waals surface area contributed by atoms with Crippen LogP contribution in [0.4, 0.5) is 0 Å². The first kappa shape index (κ1) is 11.6. The normalized spacial score (nSPS) is 21.6. The highest BCUT2D eigenvalue weighted by Gasteiger charge is 2.33. The highest BCUT2D eigenvalue weighted by Crippen LogP contribution is 2.27. The Morgan fingerprint density at radius 3 is 2.59 bits per heavy atom. The van der Waals surface area contributed by atoms with Gasteiger partial charge in [0.15, 0.2) is 0 Å². The number of carbonyl (C=O) groups is 2. The number of carbonyl (C=O) groups excluding carboxylic acids is 2. The van der Waals surface area contributed by atoms with E-state index in [-0.39, 0.29) is 24.9 Å². The van der Waals surface area contributed by atoms with E-state index in [2.05, 4.69) is 0 Å². The van der Waals surface area contributed by atoms with E-state index in [9.17, 15) is 14.7 Å². The molecule has 1 amide bonds. The summed E-state index contributed by atoms with van der Waals surface area (Å²) < 4.78 is 0. The van der Waals surface area contributed by atoms with Crippen LogP contribution in [0.5, 0.6) is 0 Å². The lowest BCUT2D eigenvalue weighted by Gasteiger charge is -2.25. The fourth-order valence-electron chi connectivity index (χ4n) is 2.18. The number of amides is 1. The van der Waals surface area contributed by atoms with Crippen LogP contribution < -0.4 is 5.11 Å². The second-order valence-electron chi connectivity index (χ2n) is 4.35. The lowest BCUT2D eigenvalue weighted by molar-refractivity contribution is -0.311. The lowest BCUT2D eigenvalue weighted by Crippen LogP contribution is -2.34. The fourth-order valence-corrected chi connectivity index (χ4v) is 2.18. The summed E-state index contributed by atoms with van der Waals surface area (Å²) in [6.07, 6.45) is 0.0551. The minimum atomic E-state index is -1.14. The number of nitrogens with zero attached hydrogens (tertiary/aromatic N) is 1. The van der Waals surface area contributed by atoms with Gasteiger partial charge in [-0.2, -0.15) is 0 Å². The van der Waals surface area contributed by atoms with E-state index in [0.29, 0.717) is 0 Å². The summed E-state index contributed by atoms with van der Waals surface area (Å²) in [7, 11) is 0. The van der Waals surface area contributed by atoms with Crippen LogP contribution in [-0.4, -0.2) is 23.3 Å². The Morgan fingerprint density at radius 2 is 2.06 bits per heavy atom. The van der Waals surface area contributed by atoms with Crippen molar-refractivity contribution in [3.05, 3.63) is 35.9 Å². The number of hydrogen-bond donors (Lipinski definition) is 0. The molecule has 0 aliphatic carbocycles. The van der Waals surface area contributed by atoms with Gasteiger partial charge in [-0.1, -0.05) is 30.3 Å². The van der Waals surface area contributed by atoms with Gasteiger partial charge in [0.25, 0.3) is 0 Å². The van der Waals surface area contributed by atoms with E-state index >= 15 is 0 Å². The summed E-state index contributed by atoms with van der Waals surface area (Å²) in [5.74, 6) is -1.93. The largest absolute Gasteiger partial charge is 0.550 e. The molecule has 1 fully saturated rings. The van der Waals surface area contributed by atoms with Gasteiger partial charge in [0.2, 0.25) is 5.91 Å². The molecule has 90 valence electrons. The van der Waals surface area contributed by atoms with Gasteiger partial charge < -0.3 is 14.8 Å². The monoisotopic (exact) mass is 232 g/mol. The van der Waals surface area contributed by atoms with Gasteiger partial charge in [0.1, 0.15) is 0 Å². The van der Waals surface area contributed by atoms with E-state index in [1.165, 1.54) is 0 Å². The van der Waals surface area contributed by atoms with Crippen LogP contribution in [-0.2, 0) is 9.59 Å². The van der Waals surface area contributed by atoms with E-state index < -0.39 is 11.9 Å². The first-order valence-corrected chi connectivity index (χ1v) is 5.65. The molecule has 0 bridgehead atoms. The zero-order valence-electron chi connectivity index (χ0n) is 9.63. The molecule has 0 N–H and O–H groups in total. The third kappa shape index (κ3) is 2.30. The standard InChI is InChI=1S/C13H15NO3/c1-9(10-5-3-2-4-6-10)14-8-11(13(16)17)7-12(14)15/h2-6,9,11H,7-8H2,1H3,(H,16,17)/p-1/t9-,11-/m1/s1. The van der Waals surface area contributed by atoms with Gasteiger partial charge in [-0.25, -0.2) is 0 Å². The van der Waals surface area contributed by atoms with Crippen LogP contribution in [0.15, 0.2) is 30.3 Å². The Morgan fingerprint density at radius 1 is 1.41 bits per heavy atom. The molecule has 1 aromatic rings. The Hall–Kier alpha value is -1.84. The highest BCUT2D eigenvalue weighted by atomic mass is 16.4. The number of likely N-dealkylation sites (tertiary alicyclic amines) is 1. The molecule has 1 aliphatic heterocycles. The van der Waals surface area contributed by atoms with Gasteiger partial charge in [-0.3, -0.25) is 4.79 Å². The van der Waals surface area contributed by atoms with Gasteiger partial charge in [-0.15, -0.1) is 0 Å². The molecular formula is C13H14NO3-. The quantitative estimate of drug-likeness (QED) is 0.755. The van der Waals surface area contributed by atoms with Crippen LogP contribution in [0.1, 0.15) is 24.9 Å². The minimum absolute atomic E-state index is 0.0551. The summed E-state index contributed by atoms with van der Waals surface area (Å²) in [5, 5.41) is 10.8. The Labute approximate surface area is 99.9 Å². The zero-order valence-corrected chi connectivity index (χ0v) is 9.63. The first-order valence-electron chi connectivity index (χ1n) is 5.65. The molecule has 0 unspecified atom stereocenters. The Balaban J connectivity index is 2.14. The first-order chi connectivity index (χ1) is 8.09. The van der Waals surface area contributed by atoms with Crippen LogP contribution in [0, 0.1) is 5.92 Å². The molecule has 17 heavy (non-hydrogen) atoms. The molecule has 0 aromatic heterocycles. The maximum absolute atomic E-state index is 11.7. The number of carboxylic acid groups (broad SMARTS) is 1. The van der Waals surface area contributed by atoms with Crippen LogP contribution in [0.2, 0.25) is 0 Å². The second kappa shape index (κ2) is 4.57. The van der Waals surface area contributed by atoms with E-state index in [4.69, 9.17) is 0 Å². The molecule has 1 aliphatic rings. The smallest absolute Gasteiger partial charge is 0.223 e. The molecule has 2 rings (SSSR count). The maximum Gasteiger partial charge on any atom is 0.223 e. The minimum Gasteiger partial charge on any atom is -0.550 e. The Bertz CT molecular complexity index is 430. The number of rotatable bonds is 3. The van der Waals surface area contributed by atoms with Crippen molar-refractivity contribution in [3.8, 4) is 0 Å². The number of benzene rings is 1. The third-order valence-corrected chi connectivity index (χ3v) is 3.24.